The lowest BCUT2D eigenvalue weighted by atomic mass is 9.49. The summed E-state index contributed by atoms with van der Waals surface area (Å²) >= 11 is 0. The summed E-state index contributed by atoms with van der Waals surface area (Å²) in [6.45, 7) is 7.70. The summed E-state index contributed by atoms with van der Waals surface area (Å²) in [4.78, 5) is 0. The molecule has 6 atom stereocenters. The van der Waals surface area contributed by atoms with Gasteiger partial charge in [-0.05, 0) is 60.7 Å². The van der Waals surface area contributed by atoms with E-state index in [1.807, 2.05) is 0 Å². The van der Waals surface area contributed by atoms with Crippen molar-refractivity contribution in [1.82, 2.24) is 0 Å². The molecular formula is C19H34. The molecule has 0 amide bonds. The van der Waals surface area contributed by atoms with Crippen LogP contribution in [0.3, 0.4) is 0 Å². The maximum Gasteiger partial charge on any atom is -0.0269 e. The van der Waals surface area contributed by atoms with Crippen molar-refractivity contribution in [2.24, 2.45) is 35.0 Å². The van der Waals surface area contributed by atoms with Crippen LogP contribution in [-0.4, -0.2) is 0 Å². The largest absolute Gasteiger partial charge is 0.0625 e. The molecule has 3 aliphatic carbocycles. The predicted octanol–water partition coefficient (Wildman–Crippen LogP) is 6.06. The Morgan fingerprint density at radius 3 is 2.42 bits per heavy atom. The molecule has 3 rings (SSSR count). The molecule has 0 heterocycles. The van der Waals surface area contributed by atoms with Gasteiger partial charge in [-0.25, -0.2) is 0 Å². The smallest absolute Gasteiger partial charge is 0.0269 e. The molecule has 0 radical (unpaired) electrons. The molecule has 19 heavy (non-hydrogen) atoms. The van der Waals surface area contributed by atoms with E-state index < -0.39 is 0 Å². The summed E-state index contributed by atoms with van der Waals surface area (Å²) in [6, 6.07) is 0. The highest BCUT2D eigenvalue weighted by Crippen LogP contribution is 2.59. The summed E-state index contributed by atoms with van der Waals surface area (Å²) < 4.78 is 0. The van der Waals surface area contributed by atoms with Gasteiger partial charge in [0.1, 0.15) is 0 Å². The van der Waals surface area contributed by atoms with Crippen molar-refractivity contribution in [1.29, 1.82) is 0 Å². The first-order chi connectivity index (χ1) is 9.11. The van der Waals surface area contributed by atoms with E-state index in [1.54, 1.807) is 25.7 Å². The minimum atomic E-state index is 0.696. The van der Waals surface area contributed by atoms with E-state index in [4.69, 9.17) is 0 Å². The molecule has 0 aliphatic heterocycles. The molecule has 3 saturated carbocycles. The molecule has 0 heteroatoms. The van der Waals surface area contributed by atoms with E-state index in [-0.39, 0.29) is 0 Å². The van der Waals surface area contributed by atoms with Crippen LogP contribution in [0.4, 0.5) is 0 Å². The Labute approximate surface area is 120 Å². The fraction of sp³-hybridized carbons (Fsp3) is 1.00. The normalized spacial score (nSPS) is 51.6. The van der Waals surface area contributed by atoms with Crippen LogP contribution in [-0.2, 0) is 0 Å². The highest BCUT2D eigenvalue weighted by molar-refractivity contribution is 4.99. The van der Waals surface area contributed by atoms with Gasteiger partial charge in [0, 0.05) is 0 Å². The van der Waals surface area contributed by atoms with Gasteiger partial charge in [-0.1, -0.05) is 59.3 Å². The lowest BCUT2D eigenvalue weighted by Crippen LogP contribution is -2.47. The van der Waals surface area contributed by atoms with Gasteiger partial charge in [-0.3, -0.25) is 0 Å². The Balaban J connectivity index is 1.80. The van der Waals surface area contributed by atoms with Gasteiger partial charge < -0.3 is 0 Å². The minimum Gasteiger partial charge on any atom is -0.0625 e. The van der Waals surface area contributed by atoms with E-state index in [0.717, 1.165) is 29.6 Å². The third-order valence-corrected chi connectivity index (χ3v) is 7.57. The SMILES string of the molecule is CC1CCCC2CCC3(C)C(C)CCCC3C2CC1. The Morgan fingerprint density at radius 2 is 1.58 bits per heavy atom. The zero-order valence-corrected chi connectivity index (χ0v) is 13.5. The standard InChI is InChI=1S/C19H34/c1-14-6-4-8-16-12-13-19(3)15(2)7-5-9-18(19)17(16)11-10-14/h14-18H,4-13H2,1-3H3. The number of hydrogen-bond acceptors (Lipinski definition) is 0. The summed E-state index contributed by atoms with van der Waals surface area (Å²) in [7, 11) is 0. The summed E-state index contributed by atoms with van der Waals surface area (Å²) in [6.07, 6.45) is 15.3. The van der Waals surface area contributed by atoms with Gasteiger partial charge in [0.05, 0.1) is 0 Å². The van der Waals surface area contributed by atoms with E-state index in [0.29, 0.717) is 5.41 Å². The minimum absolute atomic E-state index is 0.696. The summed E-state index contributed by atoms with van der Waals surface area (Å²) in [5, 5.41) is 0. The van der Waals surface area contributed by atoms with E-state index in [9.17, 15) is 0 Å². The van der Waals surface area contributed by atoms with Crippen LogP contribution >= 0.6 is 0 Å². The predicted molar refractivity (Wildman–Crippen MR) is 83.1 cm³/mol. The van der Waals surface area contributed by atoms with Crippen LogP contribution < -0.4 is 0 Å². The van der Waals surface area contributed by atoms with Crippen molar-refractivity contribution in [2.45, 2.75) is 85.0 Å². The molecule has 6 unspecified atom stereocenters. The lowest BCUT2D eigenvalue weighted by Gasteiger charge is -2.56. The Hall–Kier alpha value is 0. The zero-order valence-electron chi connectivity index (χ0n) is 13.5. The summed E-state index contributed by atoms with van der Waals surface area (Å²) in [5.74, 6) is 5.23. The van der Waals surface area contributed by atoms with Gasteiger partial charge in [0.25, 0.3) is 0 Å². The first-order valence-electron chi connectivity index (χ1n) is 9.11. The van der Waals surface area contributed by atoms with Crippen LogP contribution in [0, 0.1) is 35.0 Å². The van der Waals surface area contributed by atoms with Crippen molar-refractivity contribution in [3.8, 4) is 0 Å². The van der Waals surface area contributed by atoms with Crippen molar-refractivity contribution >= 4 is 0 Å². The van der Waals surface area contributed by atoms with Gasteiger partial charge in [0.15, 0.2) is 0 Å². The second-order valence-electron chi connectivity index (χ2n) is 8.52. The van der Waals surface area contributed by atoms with Crippen LogP contribution in [0.1, 0.15) is 85.0 Å². The van der Waals surface area contributed by atoms with Crippen LogP contribution in [0.5, 0.6) is 0 Å². The van der Waals surface area contributed by atoms with Gasteiger partial charge in [-0.15, -0.1) is 0 Å². The maximum atomic E-state index is 2.65. The molecule has 3 aliphatic rings. The van der Waals surface area contributed by atoms with E-state index in [2.05, 4.69) is 20.8 Å². The molecule has 0 bridgehead atoms. The molecular weight excluding hydrogens is 228 g/mol. The quantitative estimate of drug-likeness (QED) is 0.498. The first-order valence-corrected chi connectivity index (χ1v) is 9.11. The van der Waals surface area contributed by atoms with Crippen LogP contribution in [0.2, 0.25) is 0 Å². The average molecular weight is 262 g/mol. The molecule has 3 fully saturated rings. The molecule has 0 aromatic rings. The Bertz CT molecular complexity index is 307. The number of rotatable bonds is 0. The number of fused-ring (bicyclic) bond motifs is 3. The second kappa shape index (κ2) is 5.41. The van der Waals surface area contributed by atoms with Crippen LogP contribution in [0.25, 0.3) is 0 Å². The van der Waals surface area contributed by atoms with Crippen molar-refractivity contribution in [2.75, 3.05) is 0 Å². The fourth-order valence-corrected chi connectivity index (χ4v) is 5.99. The highest BCUT2D eigenvalue weighted by Gasteiger charge is 2.49. The third-order valence-electron chi connectivity index (χ3n) is 7.57. The Kier molecular flexibility index (Phi) is 3.98. The second-order valence-corrected chi connectivity index (χ2v) is 8.52. The average Bonchev–Trinajstić information content (AvgIpc) is 2.37. The molecule has 0 nitrogen and oxygen atoms in total. The Morgan fingerprint density at radius 1 is 0.789 bits per heavy atom. The van der Waals surface area contributed by atoms with Gasteiger partial charge >= 0.3 is 0 Å². The first kappa shape index (κ1) is 14.0. The molecule has 0 N–H and O–H groups in total. The monoisotopic (exact) mass is 262 g/mol. The van der Waals surface area contributed by atoms with Gasteiger partial charge in [-0.2, -0.15) is 0 Å². The molecule has 0 aromatic heterocycles. The highest BCUT2D eigenvalue weighted by atomic mass is 14.5. The van der Waals surface area contributed by atoms with Crippen LogP contribution in [0.15, 0.2) is 0 Å². The molecule has 0 aromatic carbocycles. The van der Waals surface area contributed by atoms with Crippen molar-refractivity contribution < 1.29 is 0 Å². The molecule has 0 spiro atoms. The van der Waals surface area contributed by atoms with Crippen molar-refractivity contribution in [3.05, 3.63) is 0 Å². The fourth-order valence-electron chi connectivity index (χ4n) is 5.99. The zero-order chi connectivity index (χ0) is 13.5. The van der Waals surface area contributed by atoms with Crippen molar-refractivity contribution in [3.63, 3.8) is 0 Å². The molecule has 110 valence electrons. The maximum absolute atomic E-state index is 2.65. The third kappa shape index (κ3) is 2.49. The summed E-state index contributed by atoms with van der Waals surface area (Å²) in [5.41, 5.74) is 0.696. The number of hydrogen-bond donors (Lipinski definition) is 0. The lowest BCUT2D eigenvalue weighted by molar-refractivity contribution is -0.0642. The molecule has 0 saturated heterocycles. The van der Waals surface area contributed by atoms with Gasteiger partial charge in [0.2, 0.25) is 0 Å². The van der Waals surface area contributed by atoms with E-state index >= 15 is 0 Å². The van der Waals surface area contributed by atoms with E-state index in [1.165, 1.54) is 38.5 Å². The topological polar surface area (TPSA) is 0 Å².